The standard InChI is InChI=1S/C15H28N4O4S2/c1-4-5-12(20)18-15(23)17-8-9-24-25-10-13(21)19-14(22)16-7-6-11(2)3/h11H,4-10H2,1-3H3,(H2,16,19,21,22)(H2,17,18,20,23). The predicted molar refractivity (Wildman–Crippen MR) is 102 cm³/mol. The van der Waals surface area contributed by atoms with E-state index in [0.717, 1.165) is 6.42 Å². The molecule has 0 spiro atoms. The third kappa shape index (κ3) is 15.8. The van der Waals surface area contributed by atoms with Gasteiger partial charge in [-0.2, -0.15) is 0 Å². The van der Waals surface area contributed by atoms with E-state index in [1.54, 1.807) is 0 Å². The second kappa shape index (κ2) is 14.9. The molecule has 6 amide bonds. The second-order valence-corrected chi connectivity index (χ2v) is 8.21. The van der Waals surface area contributed by atoms with Crippen LogP contribution in [0, 0.1) is 5.92 Å². The lowest BCUT2D eigenvalue weighted by Crippen LogP contribution is -2.41. The molecule has 0 rings (SSSR count). The molecule has 0 aromatic heterocycles. The van der Waals surface area contributed by atoms with E-state index in [-0.39, 0.29) is 17.6 Å². The fraction of sp³-hybridized carbons (Fsp3) is 0.733. The molecule has 4 N–H and O–H groups in total. The Hall–Kier alpha value is -1.42. The van der Waals surface area contributed by atoms with Crippen LogP contribution in [0.4, 0.5) is 9.59 Å². The van der Waals surface area contributed by atoms with E-state index in [0.29, 0.717) is 37.6 Å². The van der Waals surface area contributed by atoms with Crippen molar-refractivity contribution < 1.29 is 19.2 Å². The third-order valence-corrected chi connectivity index (χ3v) is 5.01. The van der Waals surface area contributed by atoms with Crippen LogP contribution in [0.2, 0.25) is 0 Å². The fourth-order valence-electron chi connectivity index (χ4n) is 1.50. The number of hydrogen-bond donors (Lipinski definition) is 4. The first kappa shape index (κ1) is 23.6. The molecule has 10 heteroatoms. The fourth-order valence-corrected chi connectivity index (χ4v) is 3.24. The highest BCUT2D eigenvalue weighted by Gasteiger charge is 2.08. The van der Waals surface area contributed by atoms with Gasteiger partial charge in [0.25, 0.3) is 0 Å². The van der Waals surface area contributed by atoms with E-state index >= 15 is 0 Å². The van der Waals surface area contributed by atoms with E-state index in [4.69, 9.17) is 0 Å². The van der Waals surface area contributed by atoms with Crippen LogP contribution in [0.5, 0.6) is 0 Å². The second-order valence-electron chi connectivity index (χ2n) is 5.62. The summed E-state index contributed by atoms with van der Waals surface area (Å²) in [5, 5.41) is 9.66. The van der Waals surface area contributed by atoms with Crippen molar-refractivity contribution in [2.45, 2.75) is 40.0 Å². The third-order valence-electron chi connectivity index (χ3n) is 2.73. The summed E-state index contributed by atoms with van der Waals surface area (Å²) in [6.45, 7) is 6.88. The minimum Gasteiger partial charge on any atom is -0.338 e. The van der Waals surface area contributed by atoms with E-state index < -0.39 is 12.1 Å². The molecule has 0 aromatic rings. The molecule has 0 saturated heterocycles. The van der Waals surface area contributed by atoms with E-state index in [1.807, 2.05) is 6.92 Å². The molecule has 0 heterocycles. The van der Waals surface area contributed by atoms with Gasteiger partial charge in [-0.3, -0.25) is 20.2 Å². The number of carbonyl (C=O) groups is 4. The van der Waals surface area contributed by atoms with Crippen molar-refractivity contribution >= 4 is 45.5 Å². The Bertz CT molecular complexity index is 447. The van der Waals surface area contributed by atoms with Gasteiger partial charge < -0.3 is 10.6 Å². The average Bonchev–Trinajstić information content (AvgIpc) is 2.50. The first-order chi connectivity index (χ1) is 11.8. The van der Waals surface area contributed by atoms with Gasteiger partial charge in [-0.25, -0.2) is 9.59 Å². The van der Waals surface area contributed by atoms with Gasteiger partial charge in [-0.05, 0) is 18.8 Å². The number of hydrogen-bond acceptors (Lipinski definition) is 6. The molecule has 0 aliphatic rings. The molecule has 0 unspecified atom stereocenters. The Balaban J connectivity index is 3.58. The quantitative estimate of drug-likeness (QED) is 0.315. The van der Waals surface area contributed by atoms with Crippen LogP contribution in [0.1, 0.15) is 40.0 Å². The summed E-state index contributed by atoms with van der Waals surface area (Å²) in [6.07, 6.45) is 1.86. The van der Waals surface area contributed by atoms with Crippen molar-refractivity contribution in [3.05, 3.63) is 0 Å². The Morgan fingerprint density at radius 3 is 2.08 bits per heavy atom. The SMILES string of the molecule is CCCC(=O)NC(=O)NCCSSCC(=O)NC(=O)NCCC(C)C. The molecule has 0 aliphatic carbocycles. The van der Waals surface area contributed by atoms with Gasteiger partial charge in [0.2, 0.25) is 11.8 Å². The summed E-state index contributed by atoms with van der Waals surface area (Å²) in [5.41, 5.74) is 0. The van der Waals surface area contributed by atoms with Crippen LogP contribution >= 0.6 is 21.6 Å². The number of imide groups is 2. The number of nitrogens with one attached hydrogen (secondary N) is 4. The highest BCUT2D eigenvalue weighted by atomic mass is 33.1. The van der Waals surface area contributed by atoms with Crippen LogP contribution in [0.3, 0.4) is 0 Å². The van der Waals surface area contributed by atoms with Crippen LogP contribution in [0.25, 0.3) is 0 Å². The topological polar surface area (TPSA) is 116 Å². The van der Waals surface area contributed by atoms with Gasteiger partial charge >= 0.3 is 12.1 Å². The first-order valence-electron chi connectivity index (χ1n) is 8.24. The number of urea groups is 2. The van der Waals surface area contributed by atoms with Gasteiger partial charge in [-0.1, -0.05) is 42.4 Å². The van der Waals surface area contributed by atoms with Crippen LogP contribution in [0.15, 0.2) is 0 Å². The van der Waals surface area contributed by atoms with E-state index in [9.17, 15) is 19.2 Å². The van der Waals surface area contributed by atoms with Crippen molar-refractivity contribution in [2.24, 2.45) is 5.92 Å². The van der Waals surface area contributed by atoms with Crippen molar-refractivity contribution in [2.75, 3.05) is 24.6 Å². The van der Waals surface area contributed by atoms with Crippen molar-refractivity contribution in [1.29, 1.82) is 0 Å². The first-order valence-corrected chi connectivity index (χ1v) is 10.7. The van der Waals surface area contributed by atoms with Crippen molar-refractivity contribution in [3.63, 3.8) is 0 Å². The zero-order valence-electron chi connectivity index (χ0n) is 15.0. The summed E-state index contributed by atoms with van der Waals surface area (Å²) in [5.74, 6) is 0.543. The van der Waals surface area contributed by atoms with Gasteiger partial charge in [0, 0.05) is 25.3 Å². The van der Waals surface area contributed by atoms with Crippen molar-refractivity contribution in [3.8, 4) is 0 Å². The molecular formula is C15H28N4O4S2. The maximum Gasteiger partial charge on any atom is 0.321 e. The lowest BCUT2D eigenvalue weighted by atomic mass is 10.1. The number of carbonyl (C=O) groups excluding carboxylic acids is 4. The molecule has 0 fully saturated rings. The summed E-state index contributed by atoms with van der Waals surface area (Å²) in [4.78, 5) is 45.5. The van der Waals surface area contributed by atoms with Gasteiger partial charge in [0.15, 0.2) is 0 Å². The molecule has 0 radical (unpaired) electrons. The predicted octanol–water partition coefficient (Wildman–Crippen LogP) is 1.87. The summed E-state index contributed by atoms with van der Waals surface area (Å²) in [6, 6.07) is -0.994. The maximum absolute atomic E-state index is 11.6. The van der Waals surface area contributed by atoms with Gasteiger partial charge in [0.1, 0.15) is 0 Å². The average molecular weight is 393 g/mol. The molecule has 0 aromatic carbocycles. The van der Waals surface area contributed by atoms with E-state index in [2.05, 4.69) is 35.1 Å². The molecule has 0 atom stereocenters. The van der Waals surface area contributed by atoms with Gasteiger partial charge in [0.05, 0.1) is 5.75 Å². The van der Waals surface area contributed by atoms with Crippen molar-refractivity contribution in [1.82, 2.24) is 21.3 Å². The van der Waals surface area contributed by atoms with E-state index in [1.165, 1.54) is 21.6 Å². The Kier molecular flexibility index (Phi) is 14.0. The highest BCUT2D eigenvalue weighted by Crippen LogP contribution is 2.19. The molecule has 25 heavy (non-hydrogen) atoms. The normalized spacial score (nSPS) is 10.2. The molecule has 0 aliphatic heterocycles. The Labute approximate surface area is 156 Å². The minimum atomic E-state index is -0.514. The molecule has 0 bridgehead atoms. The summed E-state index contributed by atoms with van der Waals surface area (Å²) >= 11 is 0. The van der Waals surface area contributed by atoms with Crippen LogP contribution in [-0.2, 0) is 9.59 Å². The van der Waals surface area contributed by atoms with Gasteiger partial charge in [-0.15, -0.1) is 0 Å². The monoisotopic (exact) mass is 392 g/mol. The van der Waals surface area contributed by atoms with Crippen LogP contribution in [-0.4, -0.2) is 48.5 Å². The zero-order valence-corrected chi connectivity index (χ0v) is 16.6. The number of rotatable bonds is 11. The molecular weight excluding hydrogens is 364 g/mol. The zero-order chi connectivity index (χ0) is 19.1. The molecule has 144 valence electrons. The lowest BCUT2D eigenvalue weighted by Gasteiger charge is -2.08. The minimum absolute atomic E-state index is 0.142. The summed E-state index contributed by atoms with van der Waals surface area (Å²) < 4.78 is 0. The molecule has 8 nitrogen and oxygen atoms in total. The Morgan fingerprint density at radius 1 is 0.880 bits per heavy atom. The Morgan fingerprint density at radius 2 is 1.48 bits per heavy atom. The van der Waals surface area contributed by atoms with Crippen LogP contribution < -0.4 is 21.3 Å². The maximum atomic E-state index is 11.6. The highest BCUT2D eigenvalue weighted by molar-refractivity contribution is 8.76. The number of amides is 6. The summed E-state index contributed by atoms with van der Waals surface area (Å²) in [7, 11) is 2.69. The molecule has 0 saturated carbocycles. The lowest BCUT2D eigenvalue weighted by molar-refractivity contribution is -0.120. The largest absolute Gasteiger partial charge is 0.338 e. The smallest absolute Gasteiger partial charge is 0.321 e.